The zero-order valence-electron chi connectivity index (χ0n) is 34.4. The van der Waals surface area contributed by atoms with Gasteiger partial charge in [0.25, 0.3) is 0 Å². The fourth-order valence-electron chi connectivity index (χ4n) is 11.7. The van der Waals surface area contributed by atoms with Crippen molar-refractivity contribution in [2.24, 2.45) is 0 Å². The minimum Gasteiger partial charge on any atom is -0.310 e. The number of aromatic nitrogens is 1. The van der Waals surface area contributed by atoms with Gasteiger partial charge in [-0.3, -0.25) is 0 Å². The van der Waals surface area contributed by atoms with Crippen molar-refractivity contribution in [1.29, 1.82) is 0 Å². The molecule has 0 radical (unpaired) electrons. The average molecular weight is 799 g/mol. The summed E-state index contributed by atoms with van der Waals surface area (Å²) < 4.78 is 2.45. The third-order valence-corrected chi connectivity index (χ3v) is 14.3. The van der Waals surface area contributed by atoms with E-state index in [2.05, 4.69) is 234 Å². The molecule has 0 saturated heterocycles. The van der Waals surface area contributed by atoms with Crippen LogP contribution in [-0.2, 0) is 5.41 Å². The van der Waals surface area contributed by atoms with Gasteiger partial charge < -0.3 is 9.47 Å². The summed E-state index contributed by atoms with van der Waals surface area (Å²) in [5.41, 5.74) is 22.9. The maximum atomic E-state index is 4.65. The van der Waals surface area contributed by atoms with Crippen molar-refractivity contribution in [3.63, 3.8) is 0 Å². The summed E-state index contributed by atoms with van der Waals surface area (Å²) in [6.07, 6.45) is 0. The number of anilines is 3. The molecule has 0 amide bonds. The second kappa shape index (κ2) is 12.7. The van der Waals surface area contributed by atoms with Crippen LogP contribution < -0.4 is 4.90 Å². The van der Waals surface area contributed by atoms with Crippen LogP contribution in [0.1, 0.15) is 33.4 Å². The summed E-state index contributed by atoms with van der Waals surface area (Å²) in [4.78, 5) is 2.48. The van der Waals surface area contributed by atoms with Crippen LogP contribution in [0.3, 0.4) is 0 Å². The zero-order valence-corrected chi connectivity index (χ0v) is 34.4. The fourth-order valence-corrected chi connectivity index (χ4v) is 11.7. The van der Waals surface area contributed by atoms with Crippen LogP contribution in [0, 0.1) is 0 Å². The first-order chi connectivity index (χ1) is 31.2. The van der Waals surface area contributed by atoms with Gasteiger partial charge in [-0.05, 0) is 132 Å². The molecule has 63 heavy (non-hydrogen) atoms. The van der Waals surface area contributed by atoms with E-state index in [1.807, 2.05) is 0 Å². The molecule has 292 valence electrons. The average Bonchev–Trinajstić information content (AvgIpc) is 4.03. The topological polar surface area (TPSA) is 8.17 Å². The summed E-state index contributed by atoms with van der Waals surface area (Å²) in [6.45, 7) is 4.65. The number of benzene rings is 10. The molecular weight excluding hydrogens is 761 g/mol. The van der Waals surface area contributed by atoms with Gasteiger partial charge in [-0.2, -0.15) is 0 Å². The van der Waals surface area contributed by atoms with Crippen LogP contribution in [-0.4, -0.2) is 4.57 Å². The van der Waals surface area contributed by atoms with E-state index in [9.17, 15) is 0 Å². The number of nitrogens with zero attached hydrogens (tertiary/aromatic N) is 2. The predicted octanol–water partition coefficient (Wildman–Crippen LogP) is 15.8. The SMILES string of the molecule is C=C1c2ccccc2-c2ccc(N(c3ccc4c(c3)C3(c5ccccc5-c5ccccc53)c3ccccc3-4)c3ccc4c(c3)c3ccccc3n4-c3cccc4ccccc34)cc21. The van der Waals surface area contributed by atoms with Crippen molar-refractivity contribution in [2.75, 3.05) is 4.90 Å². The summed E-state index contributed by atoms with van der Waals surface area (Å²) in [7, 11) is 0. The highest BCUT2D eigenvalue weighted by Crippen LogP contribution is 2.63. The molecule has 3 aliphatic carbocycles. The Hall–Kier alpha value is -8.20. The molecule has 3 aliphatic rings. The van der Waals surface area contributed by atoms with Crippen molar-refractivity contribution in [2.45, 2.75) is 5.41 Å². The number of para-hydroxylation sites is 1. The van der Waals surface area contributed by atoms with E-state index >= 15 is 0 Å². The Morgan fingerprint density at radius 2 is 0.825 bits per heavy atom. The Morgan fingerprint density at radius 3 is 1.56 bits per heavy atom. The van der Waals surface area contributed by atoms with Crippen LogP contribution in [0.4, 0.5) is 17.1 Å². The second-order valence-corrected chi connectivity index (χ2v) is 17.3. The number of hydrogen-bond donors (Lipinski definition) is 0. The normalized spacial score (nSPS) is 13.6. The number of rotatable bonds is 4. The Bertz CT molecular complexity index is 3720. The molecule has 14 rings (SSSR count). The predicted molar refractivity (Wildman–Crippen MR) is 263 cm³/mol. The third-order valence-electron chi connectivity index (χ3n) is 14.3. The van der Waals surface area contributed by atoms with Gasteiger partial charge >= 0.3 is 0 Å². The molecule has 0 N–H and O–H groups in total. The maximum absolute atomic E-state index is 4.65. The van der Waals surface area contributed by atoms with Crippen molar-refractivity contribution >= 4 is 55.2 Å². The Morgan fingerprint density at radius 1 is 0.333 bits per heavy atom. The first-order valence-corrected chi connectivity index (χ1v) is 21.9. The van der Waals surface area contributed by atoms with Crippen LogP contribution in [0.25, 0.3) is 77.2 Å². The van der Waals surface area contributed by atoms with Gasteiger partial charge in [0.05, 0.1) is 22.1 Å². The lowest BCUT2D eigenvalue weighted by Crippen LogP contribution is -2.26. The number of hydrogen-bond acceptors (Lipinski definition) is 1. The molecule has 11 aromatic rings. The molecule has 0 unspecified atom stereocenters. The standard InChI is InChI=1S/C61H38N2/c1-38-43-17-4-5-19-45(43)46-32-29-40(35-52(38)46)62(41-31-34-60-53(36-41)51-23-9-13-27-59(51)63(60)58-28-14-16-39-15-2-3-18-44(39)58)42-30-33-50-49-22-8-12-26-56(49)61(57(50)37-42)54-24-10-6-20-47(54)48-21-7-11-25-55(48)61/h2-37H,1H2. The molecule has 0 aliphatic heterocycles. The van der Waals surface area contributed by atoms with Crippen LogP contribution in [0.15, 0.2) is 225 Å². The van der Waals surface area contributed by atoms with E-state index in [4.69, 9.17) is 0 Å². The molecule has 10 aromatic carbocycles. The highest BCUT2D eigenvalue weighted by atomic mass is 15.1. The van der Waals surface area contributed by atoms with Crippen LogP contribution in [0.2, 0.25) is 0 Å². The molecule has 0 fully saturated rings. The summed E-state index contributed by atoms with van der Waals surface area (Å²) >= 11 is 0. The minimum absolute atomic E-state index is 0.454. The minimum atomic E-state index is -0.454. The van der Waals surface area contributed by atoms with Crippen molar-refractivity contribution < 1.29 is 0 Å². The van der Waals surface area contributed by atoms with E-state index in [-0.39, 0.29) is 0 Å². The molecular formula is C61H38N2. The molecule has 2 nitrogen and oxygen atoms in total. The van der Waals surface area contributed by atoms with Crippen molar-refractivity contribution in [3.8, 4) is 39.1 Å². The number of fused-ring (bicyclic) bond motifs is 17. The second-order valence-electron chi connectivity index (χ2n) is 17.3. The molecule has 0 saturated carbocycles. The maximum Gasteiger partial charge on any atom is 0.0726 e. The monoisotopic (exact) mass is 798 g/mol. The van der Waals surface area contributed by atoms with Gasteiger partial charge in [0, 0.05) is 33.2 Å². The quantitative estimate of drug-likeness (QED) is 0.172. The molecule has 1 heterocycles. The van der Waals surface area contributed by atoms with Gasteiger partial charge in [-0.15, -0.1) is 0 Å². The largest absolute Gasteiger partial charge is 0.310 e. The van der Waals surface area contributed by atoms with Crippen molar-refractivity contribution in [1.82, 2.24) is 4.57 Å². The fraction of sp³-hybridized carbons (Fsp3) is 0.0164. The van der Waals surface area contributed by atoms with E-state index in [0.29, 0.717) is 0 Å². The lowest BCUT2D eigenvalue weighted by Gasteiger charge is -2.32. The summed E-state index contributed by atoms with van der Waals surface area (Å²) in [6, 6.07) is 81.2. The van der Waals surface area contributed by atoms with Crippen LogP contribution >= 0.6 is 0 Å². The lowest BCUT2D eigenvalue weighted by molar-refractivity contribution is 0.793. The van der Waals surface area contributed by atoms with E-state index < -0.39 is 5.41 Å². The highest BCUT2D eigenvalue weighted by molar-refractivity contribution is 6.12. The van der Waals surface area contributed by atoms with Crippen LogP contribution in [0.5, 0.6) is 0 Å². The summed E-state index contributed by atoms with van der Waals surface area (Å²) in [5, 5.41) is 4.90. The zero-order chi connectivity index (χ0) is 41.4. The molecule has 1 spiro atoms. The summed E-state index contributed by atoms with van der Waals surface area (Å²) in [5.74, 6) is 0. The third kappa shape index (κ3) is 4.52. The smallest absolute Gasteiger partial charge is 0.0726 e. The van der Waals surface area contributed by atoms with Gasteiger partial charge in [0.2, 0.25) is 0 Å². The van der Waals surface area contributed by atoms with E-state index in [0.717, 1.165) is 22.6 Å². The molecule has 0 atom stereocenters. The first kappa shape index (κ1) is 34.5. The van der Waals surface area contributed by atoms with Gasteiger partial charge in [-0.25, -0.2) is 0 Å². The molecule has 1 aromatic heterocycles. The van der Waals surface area contributed by atoms with Gasteiger partial charge in [-0.1, -0.05) is 170 Å². The highest BCUT2D eigenvalue weighted by Gasteiger charge is 2.51. The first-order valence-electron chi connectivity index (χ1n) is 21.9. The molecule has 0 bridgehead atoms. The van der Waals surface area contributed by atoms with Gasteiger partial charge in [0.1, 0.15) is 0 Å². The Kier molecular flexibility index (Phi) is 6.94. The Balaban J connectivity index is 1.04. The van der Waals surface area contributed by atoms with Crippen molar-refractivity contribution in [3.05, 3.63) is 258 Å². The van der Waals surface area contributed by atoms with E-state index in [1.165, 1.54) is 105 Å². The van der Waals surface area contributed by atoms with E-state index in [1.54, 1.807) is 0 Å². The lowest BCUT2D eigenvalue weighted by atomic mass is 9.70. The van der Waals surface area contributed by atoms with Gasteiger partial charge in [0.15, 0.2) is 0 Å². The molecule has 2 heteroatoms. The Labute approximate surface area is 365 Å².